The summed E-state index contributed by atoms with van der Waals surface area (Å²) in [4.78, 5) is 11.1. The highest BCUT2D eigenvalue weighted by Gasteiger charge is 2.10. The van der Waals surface area contributed by atoms with Gasteiger partial charge in [-0.1, -0.05) is 48.5 Å². The number of esters is 1. The molecule has 0 heterocycles. The minimum Gasteiger partial charge on any atom is -0.467 e. The number of aliphatic hydroxyl groups excluding tert-OH is 1. The van der Waals surface area contributed by atoms with Crippen LogP contribution in [0, 0.1) is 0 Å². The van der Waals surface area contributed by atoms with E-state index in [4.69, 9.17) is 0 Å². The molecule has 1 unspecified atom stereocenters. The molecule has 0 aliphatic rings. The third-order valence-electron chi connectivity index (χ3n) is 2.72. The molecule has 3 nitrogen and oxygen atoms in total. The molecule has 1 atom stereocenters. The Bertz CT molecular complexity index is 582. The van der Waals surface area contributed by atoms with Gasteiger partial charge in [0, 0.05) is 0 Å². The molecule has 18 heavy (non-hydrogen) atoms. The standard InChI is InChI=1S/C15H14O3/c1-18-15(17)14(16)10-9-12-7-4-6-11-5-2-3-8-13(11)12/h2-10,14,16H,1H3/b10-9+. The fraction of sp³-hybridized carbons (Fsp3) is 0.133. The van der Waals surface area contributed by atoms with Gasteiger partial charge in [0.2, 0.25) is 0 Å². The number of rotatable bonds is 3. The summed E-state index contributed by atoms with van der Waals surface area (Å²) in [6, 6.07) is 13.8. The zero-order valence-corrected chi connectivity index (χ0v) is 10.0. The van der Waals surface area contributed by atoms with Crippen molar-refractivity contribution in [3.8, 4) is 0 Å². The van der Waals surface area contributed by atoms with Crippen LogP contribution in [0.15, 0.2) is 48.5 Å². The summed E-state index contributed by atoms with van der Waals surface area (Å²) in [5.41, 5.74) is 0.955. The van der Waals surface area contributed by atoms with Crippen molar-refractivity contribution in [1.82, 2.24) is 0 Å². The van der Waals surface area contributed by atoms with E-state index in [0.717, 1.165) is 16.3 Å². The number of carbonyl (C=O) groups excluding carboxylic acids is 1. The lowest BCUT2D eigenvalue weighted by atomic mass is 10.0. The number of methoxy groups -OCH3 is 1. The third kappa shape index (κ3) is 2.57. The maximum absolute atomic E-state index is 11.1. The van der Waals surface area contributed by atoms with Crippen LogP contribution < -0.4 is 0 Å². The molecule has 0 bridgehead atoms. The Labute approximate surface area is 105 Å². The summed E-state index contributed by atoms with van der Waals surface area (Å²) >= 11 is 0. The predicted octanol–water partition coefficient (Wildman–Crippen LogP) is 2.39. The van der Waals surface area contributed by atoms with Gasteiger partial charge in [0.05, 0.1) is 7.11 Å². The maximum atomic E-state index is 11.1. The second kappa shape index (κ2) is 5.47. The summed E-state index contributed by atoms with van der Waals surface area (Å²) in [6.45, 7) is 0. The highest BCUT2D eigenvalue weighted by atomic mass is 16.5. The first kappa shape index (κ1) is 12.3. The van der Waals surface area contributed by atoms with E-state index < -0.39 is 12.1 Å². The van der Waals surface area contributed by atoms with E-state index in [0.29, 0.717) is 0 Å². The van der Waals surface area contributed by atoms with Crippen molar-refractivity contribution >= 4 is 22.8 Å². The van der Waals surface area contributed by atoms with Crippen molar-refractivity contribution in [2.24, 2.45) is 0 Å². The number of benzene rings is 2. The van der Waals surface area contributed by atoms with Crippen LogP contribution in [0.4, 0.5) is 0 Å². The van der Waals surface area contributed by atoms with Gasteiger partial charge in [0.15, 0.2) is 6.10 Å². The quantitative estimate of drug-likeness (QED) is 0.841. The molecule has 0 aliphatic heterocycles. The van der Waals surface area contributed by atoms with Gasteiger partial charge in [-0.2, -0.15) is 0 Å². The van der Waals surface area contributed by atoms with Crippen LogP contribution in [-0.2, 0) is 9.53 Å². The number of carbonyl (C=O) groups is 1. The van der Waals surface area contributed by atoms with E-state index in [9.17, 15) is 9.90 Å². The molecule has 0 radical (unpaired) electrons. The van der Waals surface area contributed by atoms with E-state index in [1.807, 2.05) is 42.5 Å². The summed E-state index contributed by atoms with van der Waals surface area (Å²) < 4.78 is 4.45. The van der Waals surface area contributed by atoms with E-state index in [2.05, 4.69) is 4.74 Å². The van der Waals surface area contributed by atoms with Gasteiger partial charge in [-0.3, -0.25) is 0 Å². The van der Waals surface area contributed by atoms with Gasteiger partial charge in [0.1, 0.15) is 0 Å². The summed E-state index contributed by atoms with van der Waals surface area (Å²) in [7, 11) is 1.25. The molecule has 1 N–H and O–H groups in total. The van der Waals surface area contributed by atoms with Crippen LogP contribution in [0.1, 0.15) is 5.56 Å². The van der Waals surface area contributed by atoms with Gasteiger partial charge in [-0.15, -0.1) is 0 Å². The van der Waals surface area contributed by atoms with E-state index >= 15 is 0 Å². The molecule has 0 fully saturated rings. The van der Waals surface area contributed by atoms with Crippen LogP contribution >= 0.6 is 0 Å². The second-order valence-corrected chi connectivity index (χ2v) is 3.90. The van der Waals surface area contributed by atoms with Crippen LogP contribution in [0.25, 0.3) is 16.8 Å². The average molecular weight is 242 g/mol. The molecular weight excluding hydrogens is 228 g/mol. The van der Waals surface area contributed by atoms with Gasteiger partial charge >= 0.3 is 5.97 Å². The molecule has 0 aliphatic carbocycles. The number of hydrogen-bond donors (Lipinski definition) is 1. The Kier molecular flexibility index (Phi) is 3.75. The summed E-state index contributed by atoms with van der Waals surface area (Å²) in [6.07, 6.45) is 1.92. The monoisotopic (exact) mass is 242 g/mol. The Morgan fingerprint density at radius 1 is 1.22 bits per heavy atom. The van der Waals surface area contributed by atoms with Crippen LogP contribution in [0.5, 0.6) is 0 Å². The Hall–Kier alpha value is -2.13. The molecule has 0 saturated carbocycles. The topological polar surface area (TPSA) is 46.5 Å². The molecule has 0 saturated heterocycles. The number of fused-ring (bicyclic) bond motifs is 1. The Morgan fingerprint density at radius 3 is 2.72 bits per heavy atom. The van der Waals surface area contributed by atoms with E-state index in [-0.39, 0.29) is 0 Å². The smallest absolute Gasteiger partial charge is 0.338 e. The van der Waals surface area contributed by atoms with Gasteiger partial charge in [-0.05, 0) is 22.4 Å². The normalized spacial score (nSPS) is 12.8. The molecule has 0 aromatic heterocycles. The molecule has 92 valence electrons. The van der Waals surface area contributed by atoms with Gasteiger partial charge in [0.25, 0.3) is 0 Å². The first-order valence-corrected chi connectivity index (χ1v) is 5.64. The maximum Gasteiger partial charge on any atom is 0.338 e. The van der Waals surface area contributed by atoms with Crippen molar-refractivity contribution in [2.75, 3.05) is 7.11 Å². The van der Waals surface area contributed by atoms with Crippen molar-refractivity contribution in [3.05, 3.63) is 54.1 Å². The minimum atomic E-state index is -1.23. The van der Waals surface area contributed by atoms with Crippen LogP contribution in [0.2, 0.25) is 0 Å². The first-order valence-electron chi connectivity index (χ1n) is 5.64. The number of hydrogen-bond acceptors (Lipinski definition) is 3. The van der Waals surface area contributed by atoms with Gasteiger partial charge < -0.3 is 9.84 Å². The SMILES string of the molecule is COC(=O)C(O)/C=C/c1cccc2ccccc12. The fourth-order valence-electron chi connectivity index (χ4n) is 1.79. The highest BCUT2D eigenvalue weighted by Crippen LogP contribution is 2.19. The molecule has 3 heteroatoms. The van der Waals surface area contributed by atoms with Crippen molar-refractivity contribution in [1.29, 1.82) is 0 Å². The van der Waals surface area contributed by atoms with E-state index in [1.54, 1.807) is 6.08 Å². The van der Waals surface area contributed by atoms with Crippen molar-refractivity contribution in [3.63, 3.8) is 0 Å². The van der Waals surface area contributed by atoms with Crippen LogP contribution in [-0.4, -0.2) is 24.3 Å². The predicted molar refractivity (Wildman–Crippen MR) is 71.0 cm³/mol. The minimum absolute atomic E-state index is 0.661. The fourth-order valence-corrected chi connectivity index (χ4v) is 1.79. The first-order chi connectivity index (χ1) is 8.72. The molecule has 2 aromatic carbocycles. The Balaban J connectivity index is 2.32. The molecule has 0 spiro atoms. The summed E-state index contributed by atoms with van der Waals surface area (Å²) in [5.74, 6) is -0.661. The lowest BCUT2D eigenvalue weighted by Crippen LogP contribution is -2.18. The number of ether oxygens (including phenoxy) is 1. The average Bonchev–Trinajstić information content (AvgIpc) is 2.43. The molecular formula is C15H14O3. The zero-order valence-electron chi connectivity index (χ0n) is 10.0. The molecule has 0 amide bonds. The Morgan fingerprint density at radius 2 is 1.94 bits per heavy atom. The number of aliphatic hydroxyl groups is 1. The largest absolute Gasteiger partial charge is 0.467 e. The summed E-state index contributed by atoms with van der Waals surface area (Å²) in [5, 5.41) is 11.7. The highest BCUT2D eigenvalue weighted by molar-refractivity contribution is 5.91. The second-order valence-electron chi connectivity index (χ2n) is 3.90. The molecule has 2 rings (SSSR count). The van der Waals surface area contributed by atoms with Crippen LogP contribution in [0.3, 0.4) is 0 Å². The zero-order chi connectivity index (χ0) is 13.0. The van der Waals surface area contributed by atoms with Crippen molar-refractivity contribution in [2.45, 2.75) is 6.10 Å². The lowest BCUT2D eigenvalue weighted by Gasteiger charge is -2.04. The van der Waals surface area contributed by atoms with E-state index in [1.165, 1.54) is 13.2 Å². The molecule has 2 aromatic rings. The third-order valence-corrected chi connectivity index (χ3v) is 2.72. The van der Waals surface area contributed by atoms with Gasteiger partial charge in [-0.25, -0.2) is 4.79 Å². The van der Waals surface area contributed by atoms with Crippen molar-refractivity contribution < 1.29 is 14.6 Å². The lowest BCUT2D eigenvalue weighted by molar-refractivity contribution is -0.147.